The fourth-order valence-corrected chi connectivity index (χ4v) is 8.67. The quantitative estimate of drug-likeness (QED) is 0.383. The van der Waals surface area contributed by atoms with E-state index in [-0.39, 0.29) is 12.7 Å². The van der Waals surface area contributed by atoms with Crippen LogP contribution in [0, 0.1) is 46.3 Å². The zero-order chi connectivity index (χ0) is 24.4. The summed E-state index contributed by atoms with van der Waals surface area (Å²) >= 11 is 0. The van der Waals surface area contributed by atoms with Gasteiger partial charge in [-0.05, 0) is 105 Å². The van der Waals surface area contributed by atoms with Crippen molar-refractivity contribution < 1.29 is 15.3 Å². The molecule has 0 bridgehead atoms. The average molecular weight is 463 g/mol. The molecule has 0 radical (unpaired) electrons. The Hall–Kier alpha value is -0.380. The Morgan fingerprint density at radius 2 is 1.67 bits per heavy atom. The van der Waals surface area contributed by atoms with E-state index >= 15 is 0 Å². The predicted octanol–water partition coefficient (Wildman–Crippen LogP) is 6.75. The summed E-state index contributed by atoms with van der Waals surface area (Å²) in [6.07, 6.45) is 16.6. The van der Waals surface area contributed by atoms with Gasteiger partial charge in [-0.1, -0.05) is 65.5 Å². The first-order valence-electron chi connectivity index (χ1n) is 14.2. The smallest absolute Gasteiger partial charge is 0.0742 e. The summed E-state index contributed by atoms with van der Waals surface area (Å²) in [5.41, 5.74) is 2.60. The van der Waals surface area contributed by atoms with E-state index in [2.05, 4.69) is 40.7 Å². The van der Waals surface area contributed by atoms with Crippen LogP contribution in [-0.2, 0) is 0 Å². The lowest BCUT2D eigenvalue weighted by Crippen LogP contribution is -2.50. The largest absolute Gasteiger partial charge is 0.394 e. The molecular weight excluding hydrogens is 408 g/mol. The Morgan fingerprint density at radius 3 is 2.30 bits per heavy atom. The molecular formula is C30H54O3. The maximum absolute atomic E-state index is 10.2. The van der Waals surface area contributed by atoms with Crippen LogP contribution in [0.5, 0.6) is 0 Å². The van der Waals surface area contributed by atoms with Gasteiger partial charge in [0.1, 0.15) is 0 Å². The van der Waals surface area contributed by atoms with Gasteiger partial charge in [0.25, 0.3) is 0 Å². The van der Waals surface area contributed by atoms with Gasteiger partial charge in [0.15, 0.2) is 0 Å². The number of aliphatic hydroxyl groups excluding tert-OH is 3. The Balaban J connectivity index is 0.000000555. The maximum Gasteiger partial charge on any atom is 0.0742 e. The minimum absolute atomic E-state index is 0.0766. The summed E-state index contributed by atoms with van der Waals surface area (Å²) < 4.78 is 0. The summed E-state index contributed by atoms with van der Waals surface area (Å²) in [7, 11) is 0. The van der Waals surface area contributed by atoms with Crippen LogP contribution in [0.1, 0.15) is 112 Å². The zero-order valence-corrected chi connectivity index (χ0v) is 22.5. The summed E-state index contributed by atoms with van der Waals surface area (Å²) in [6, 6.07) is 0. The summed E-state index contributed by atoms with van der Waals surface area (Å²) in [6.45, 7) is 14.0. The fourth-order valence-electron chi connectivity index (χ4n) is 8.67. The van der Waals surface area contributed by atoms with Crippen LogP contribution < -0.4 is 0 Å². The van der Waals surface area contributed by atoms with Crippen LogP contribution >= 0.6 is 0 Å². The normalized spacial score (nSPS) is 41.8. The molecule has 0 aromatic heterocycles. The standard InChI is InChI=1S/C27H46O.C3H8O2/c1-18(2)7-6-8-19(3)23-11-12-24-22-10-9-20-17-21(28)13-15-26(20,4)25(22)14-16-27(23,24)5;1-3(5)2-4/h9,18-19,21-25,28H,6-8,10-17H2,1-5H3;3-5H,2H2,1H3/t19-,21?,22+,23-,24+,25+,26+,27-;/m1./s1. The molecule has 3 nitrogen and oxygen atoms in total. The highest BCUT2D eigenvalue weighted by Gasteiger charge is 2.59. The number of rotatable bonds is 6. The molecule has 33 heavy (non-hydrogen) atoms. The van der Waals surface area contributed by atoms with Crippen molar-refractivity contribution in [3.8, 4) is 0 Å². The molecule has 0 aliphatic heterocycles. The van der Waals surface area contributed by atoms with Crippen LogP contribution in [0.2, 0.25) is 0 Å². The molecule has 9 atom stereocenters. The highest BCUT2D eigenvalue weighted by atomic mass is 16.3. The molecule has 0 aromatic rings. The van der Waals surface area contributed by atoms with E-state index in [4.69, 9.17) is 10.2 Å². The Bertz CT molecular complexity index is 655. The monoisotopic (exact) mass is 462 g/mol. The Morgan fingerprint density at radius 1 is 0.970 bits per heavy atom. The molecule has 0 aromatic carbocycles. The molecule has 0 spiro atoms. The van der Waals surface area contributed by atoms with Gasteiger partial charge in [0, 0.05) is 0 Å². The molecule has 3 N–H and O–H groups in total. The van der Waals surface area contributed by atoms with Gasteiger partial charge >= 0.3 is 0 Å². The minimum atomic E-state index is -0.560. The van der Waals surface area contributed by atoms with E-state index in [0.29, 0.717) is 10.8 Å². The first kappa shape index (κ1) is 27.2. The summed E-state index contributed by atoms with van der Waals surface area (Å²) in [5.74, 6) is 5.46. The molecule has 3 saturated carbocycles. The third-order valence-corrected chi connectivity index (χ3v) is 10.5. The van der Waals surface area contributed by atoms with Crippen LogP contribution in [0.25, 0.3) is 0 Å². The van der Waals surface area contributed by atoms with Crippen molar-refractivity contribution in [1.82, 2.24) is 0 Å². The highest BCUT2D eigenvalue weighted by Crippen LogP contribution is 2.67. The van der Waals surface area contributed by atoms with Crippen LogP contribution in [0.4, 0.5) is 0 Å². The van der Waals surface area contributed by atoms with E-state index in [1.165, 1.54) is 64.7 Å². The molecule has 4 aliphatic carbocycles. The summed E-state index contributed by atoms with van der Waals surface area (Å²) in [5, 5.41) is 26.2. The Labute approximate surface area is 204 Å². The first-order valence-corrected chi connectivity index (χ1v) is 14.2. The van der Waals surface area contributed by atoms with Crippen molar-refractivity contribution in [2.75, 3.05) is 6.61 Å². The van der Waals surface area contributed by atoms with E-state index < -0.39 is 6.10 Å². The number of fused-ring (bicyclic) bond motifs is 5. The van der Waals surface area contributed by atoms with Crippen molar-refractivity contribution >= 4 is 0 Å². The van der Waals surface area contributed by atoms with Crippen molar-refractivity contribution in [3.05, 3.63) is 11.6 Å². The van der Waals surface area contributed by atoms with Crippen molar-refractivity contribution in [1.29, 1.82) is 0 Å². The third-order valence-electron chi connectivity index (χ3n) is 10.5. The molecule has 3 heteroatoms. The number of hydrogen-bond donors (Lipinski definition) is 3. The first-order chi connectivity index (χ1) is 15.5. The fraction of sp³-hybridized carbons (Fsp3) is 0.933. The third kappa shape index (κ3) is 5.72. The topological polar surface area (TPSA) is 60.7 Å². The van der Waals surface area contributed by atoms with Crippen molar-refractivity contribution in [3.63, 3.8) is 0 Å². The lowest BCUT2D eigenvalue weighted by atomic mass is 9.47. The van der Waals surface area contributed by atoms with Crippen molar-refractivity contribution in [2.45, 2.75) is 124 Å². The molecule has 3 fully saturated rings. The van der Waals surface area contributed by atoms with E-state index in [0.717, 1.165) is 48.3 Å². The van der Waals surface area contributed by atoms with Gasteiger partial charge in [0.2, 0.25) is 0 Å². The molecule has 0 amide bonds. The molecule has 2 unspecified atom stereocenters. The van der Waals surface area contributed by atoms with Crippen LogP contribution in [0.15, 0.2) is 11.6 Å². The second kappa shape index (κ2) is 11.1. The van der Waals surface area contributed by atoms with Crippen molar-refractivity contribution in [2.24, 2.45) is 46.3 Å². The van der Waals surface area contributed by atoms with Gasteiger partial charge in [-0.15, -0.1) is 0 Å². The second-order valence-electron chi connectivity index (χ2n) is 13.2. The molecule has 0 heterocycles. The van der Waals surface area contributed by atoms with E-state index in [1.54, 1.807) is 5.57 Å². The molecule has 192 valence electrons. The van der Waals surface area contributed by atoms with Gasteiger partial charge in [0.05, 0.1) is 18.8 Å². The SMILES string of the molecule is CC(C)CCC[C@@H](C)[C@H]1CC[C@H]2[C@@H]3CC=C4CC(O)CC[C@]4(C)[C@H]3CC[C@]12C.CC(O)CO. The molecule has 4 aliphatic rings. The lowest BCUT2D eigenvalue weighted by Gasteiger charge is -2.58. The molecule has 0 saturated heterocycles. The molecule has 4 rings (SSSR count). The minimum Gasteiger partial charge on any atom is -0.394 e. The predicted molar refractivity (Wildman–Crippen MR) is 138 cm³/mol. The van der Waals surface area contributed by atoms with Crippen LogP contribution in [-0.4, -0.2) is 34.1 Å². The average Bonchev–Trinajstić information content (AvgIpc) is 3.11. The number of hydrogen-bond acceptors (Lipinski definition) is 3. The van der Waals surface area contributed by atoms with Crippen LogP contribution in [0.3, 0.4) is 0 Å². The van der Waals surface area contributed by atoms with E-state index in [1.807, 2.05) is 0 Å². The summed E-state index contributed by atoms with van der Waals surface area (Å²) in [4.78, 5) is 0. The maximum atomic E-state index is 10.2. The lowest BCUT2D eigenvalue weighted by molar-refractivity contribution is -0.0573. The zero-order valence-electron chi connectivity index (χ0n) is 22.5. The van der Waals surface area contributed by atoms with Gasteiger partial charge in [-0.3, -0.25) is 0 Å². The number of aliphatic hydroxyl groups is 3. The van der Waals surface area contributed by atoms with E-state index in [9.17, 15) is 5.11 Å². The van der Waals surface area contributed by atoms with Gasteiger partial charge in [-0.2, -0.15) is 0 Å². The van der Waals surface area contributed by atoms with Gasteiger partial charge < -0.3 is 15.3 Å². The van der Waals surface area contributed by atoms with Gasteiger partial charge in [-0.25, -0.2) is 0 Å². The number of allylic oxidation sites excluding steroid dienone is 1. The second-order valence-corrected chi connectivity index (χ2v) is 13.2. The Kier molecular flexibility index (Phi) is 9.17. The highest BCUT2D eigenvalue weighted by molar-refractivity contribution is 5.25.